The molecule has 1 heterocycles. The largest absolute Gasteiger partial charge is 0.302 e. The topological polar surface area (TPSA) is 79.4 Å². The van der Waals surface area contributed by atoms with Gasteiger partial charge in [0.2, 0.25) is 15.9 Å². The van der Waals surface area contributed by atoms with Crippen LogP contribution in [0.15, 0.2) is 23.1 Å². The maximum atomic E-state index is 12.2. The molecule has 0 atom stereocenters. The lowest BCUT2D eigenvalue weighted by molar-refractivity contribution is -0.116. The molecular formula is C20H31N3O3S2. The first-order valence-electron chi connectivity index (χ1n) is 9.97. The lowest BCUT2D eigenvalue weighted by Crippen LogP contribution is -2.22. The summed E-state index contributed by atoms with van der Waals surface area (Å²) in [7, 11) is -0.476. The van der Waals surface area contributed by atoms with Gasteiger partial charge < -0.3 is 5.32 Å². The van der Waals surface area contributed by atoms with E-state index < -0.39 is 10.0 Å². The number of amides is 1. The van der Waals surface area contributed by atoms with Crippen molar-refractivity contribution in [2.24, 2.45) is 0 Å². The number of thiazole rings is 1. The third-order valence-corrected chi connectivity index (χ3v) is 7.39. The summed E-state index contributed by atoms with van der Waals surface area (Å²) in [4.78, 5) is 16.7. The van der Waals surface area contributed by atoms with Crippen molar-refractivity contribution in [2.75, 3.05) is 19.4 Å². The number of nitrogens with one attached hydrogen (secondary N) is 1. The van der Waals surface area contributed by atoms with Gasteiger partial charge >= 0.3 is 0 Å². The van der Waals surface area contributed by atoms with E-state index in [0.717, 1.165) is 17.5 Å². The van der Waals surface area contributed by atoms with E-state index in [1.807, 2.05) is 0 Å². The summed E-state index contributed by atoms with van der Waals surface area (Å²) in [6.07, 6.45) is 10.1. The number of carbonyl (C=O) groups excluding carboxylic acids is 1. The van der Waals surface area contributed by atoms with Crippen LogP contribution in [-0.2, 0) is 14.8 Å². The fraction of sp³-hybridized carbons (Fsp3) is 0.600. The molecule has 0 spiro atoms. The molecular weight excluding hydrogens is 394 g/mol. The lowest BCUT2D eigenvalue weighted by atomic mass is 10.1. The zero-order valence-electron chi connectivity index (χ0n) is 17.0. The molecule has 1 aromatic carbocycles. The quantitative estimate of drug-likeness (QED) is 0.485. The predicted octanol–water partition coefficient (Wildman–Crippen LogP) is 5.02. The van der Waals surface area contributed by atoms with Crippen molar-refractivity contribution < 1.29 is 13.2 Å². The minimum atomic E-state index is -3.48. The first kappa shape index (κ1) is 22.8. The van der Waals surface area contributed by atoms with Gasteiger partial charge in [0.1, 0.15) is 0 Å². The van der Waals surface area contributed by atoms with Gasteiger partial charge in [-0.2, -0.15) is 0 Å². The Morgan fingerprint density at radius 1 is 1.07 bits per heavy atom. The molecule has 0 radical (unpaired) electrons. The summed E-state index contributed by atoms with van der Waals surface area (Å²) < 4.78 is 26.4. The van der Waals surface area contributed by atoms with Crippen molar-refractivity contribution in [1.82, 2.24) is 9.29 Å². The van der Waals surface area contributed by atoms with E-state index in [9.17, 15) is 13.2 Å². The van der Waals surface area contributed by atoms with Crippen LogP contribution in [0.4, 0.5) is 5.13 Å². The summed E-state index contributed by atoms with van der Waals surface area (Å²) in [5.74, 6) is -0.0359. The summed E-state index contributed by atoms with van der Waals surface area (Å²) in [6.45, 7) is 2.22. The van der Waals surface area contributed by atoms with Gasteiger partial charge in [0, 0.05) is 20.5 Å². The zero-order valence-corrected chi connectivity index (χ0v) is 18.7. The number of unbranched alkanes of at least 4 members (excludes halogenated alkanes) is 7. The summed E-state index contributed by atoms with van der Waals surface area (Å²) in [5.41, 5.74) is 0.685. The van der Waals surface area contributed by atoms with Gasteiger partial charge in [-0.15, -0.1) is 0 Å². The van der Waals surface area contributed by atoms with E-state index in [0.29, 0.717) is 17.1 Å². The van der Waals surface area contributed by atoms with Gasteiger partial charge in [-0.25, -0.2) is 17.7 Å². The van der Waals surface area contributed by atoms with E-state index >= 15 is 0 Å². The van der Waals surface area contributed by atoms with Crippen LogP contribution in [0.3, 0.4) is 0 Å². The number of hydrogen-bond donors (Lipinski definition) is 1. The number of rotatable bonds is 12. The summed E-state index contributed by atoms with van der Waals surface area (Å²) >= 11 is 1.30. The van der Waals surface area contributed by atoms with Crippen LogP contribution in [0, 0.1) is 0 Å². The molecule has 1 amide bonds. The van der Waals surface area contributed by atoms with E-state index in [1.54, 1.807) is 18.2 Å². The smallest absolute Gasteiger partial charge is 0.242 e. The van der Waals surface area contributed by atoms with Crippen LogP contribution >= 0.6 is 11.3 Å². The number of sulfonamides is 1. The highest BCUT2D eigenvalue weighted by molar-refractivity contribution is 7.89. The predicted molar refractivity (Wildman–Crippen MR) is 116 cm³/mol. The van der Waals surface area contributed by atoms with Crippen molar-refractivity contribution >= 4 is 42.6 Å². The normalized spacial score (nSPS) is 12.0. The number of carbonyl (C=O) groups is 1. The van der Waals surface area contributed by atoms with Crippen molar-refractivity contribution in [3.63, 3.8) is 0 Å². The van der Waals surface area contributed by atoms with Gasteiger partial charge in [0.05, 0.1) is 15.1 Å². The molecule has 0 aliphatic carbocycles. The molecule has 28 heavy (non-hydrogen) atoms. The van der Waals surface area contributed by atoms with Gasteiger partial charge in [-0.3, -0.25) is 4.79 Å². The fourth-order valence-electron chi connectivity index (χ4n) is 2.93. The Labute approximate surface area is 172 Å². The van der Waals surface area contributed by atoms with Crippen molar-refractivity contribution in [3.05, 3.63) is 18.2 Å². The third-order valence-electron chi connectivity index (χ3n) is 4.64. The molecule has 0 aliphatic heterocycles. The number of benzene rings is 1. The molecule has 156 valence electrons. The molecule has 0 bridgehead atoms. The SMILES string of the molecule is CCCCCCCCCCC(=O)Nc1nc2ccc(S(=O)(=O)N(C)C)cc2s1. The van der Waals surface area contributed by atoms with E-state index in [1.165, 1.54) is 68.3 Å². The Morgan fingerprint density at radius 2 is 1.71 bits per heavy atom. The number of nitrogens with zero attached hydrogens (tertiary/aromatic N) is 2. The van der Waals surface area contributed by atoms with Gasteiger partial charge in [0.15, 0.2) is 5.13 Å². The first-order chi connectivity index (χ1) is 13.3. The van der Waals surface area contributed by atoms with E-state index in [-0.39, 0.29) is 10.8 Å². The highest BCUT2D eigenvalue weighted by Gasteiger charge is 2.18. The molecule has 6 nitrogen and oxygen atoms in total. The fourth-order valence-corrected chi connectivity index (χ4v) is 4.86. The van der Waals surface area contributed by atoms with Crippen LogP contribution in [0.5, 0.6) is 0 Å². The van der Waals surface area contributed by atoms with E-state index in [4.69, 9.17) is 0 Å². The Bertz CT molecular complexity index is 876. The molecule has 2 aromatic rings. The maximum absolute atomic E-state index is 12.2. The summed E-state index contributed by atoms with van der Waals surface area (Å²) in [5, 5.41) is 3.35. The molecule has 0 fully saturated rings. The number of aromatic nitrogens is 1. The van der Waals surface area contributed by atoms with Crippen LogP contribution < -0.4 is 5.32 Å². The highest BCUT2D eigenvalue weighted by Crippen LogP contribution is 2.29. The Morgan fingerprint density at radius 3 is 2.36 bits per heavy atom. The molecule has 0 unspecified atom stereocenters. The maximum Gasteiger partial charge on any atom is 0.242 e. The standard InChI is InChI=1S/C20H31N3O3S2/c1-4-5-6-7-8-9-10-11-12-19(24)22-20-21-17-14-13-16(15-18(17)27-20)28(25,26)23(2)3/h13-15H,4-12H2,1-3H3,(H,21,22,24). The molecule has 8 heteroatoms. The molecule has 0 saturated heterocycles. The highest BCUT2D eigenvalue weighted by atomic mass is 32.2. The number of hydrogen-bond acceptors (Lipinski definition) is 5. The van der Waals surface area contributed by atoms with E-state index in [2.05, 4.69) is 17.2 Å². The van der Waals surface area contributed by atoms with Crippen LogP contribution in [-0.4, -0.2) is 37.7 Å². The number of anilines is 1. The molecule has 1 aromatic heterocycles. The van der Waals surface area contributed by atoms with Gasteiger partial charge in [-0.05, 0) is 24.6 Å². The van der Waals surface area contributed by atoms with Crippen molar-refractivity contribution in [2.45, 2.75) is 69.6 Å². The van der Waals surface area contributed by atoms with Crippen LogP contribution in [0.2, 0.25) is 0 Å². The number of fused-ring (bicyclic) bond motifs is 1. The lowest BCUT2D eigenvalue weighted by Gasteiger charge is -2.10. The second-order valence-electron chi connectivity index (χ2n) is 7.21. The third kappa shape index (κ3) is 6.53. The minimum absolute atomic E-state index is 0.0359. The molecule has 0 aliphatic rings. The second-order valence-corrected chi connectivity index (χ2v) is 10.4. The van der Waals surface area contributed by atoms with Gasteiger partial charge in [-0.1, -0.05) is 63.2 Å². The molecule has 2 rings (SSSR count). The van der Waals surface area contributed by atoms with Crippen LogP contribution in [0.1, 0.15) is 64.7 Å². The van der Waals surface area contributed by atoms with Crippen LogP contribution in [0.25, 0.3) is 10.2 Å². The Balaban J connectivity index is 1.83. The summed E-state index contributed by atoms with van der Waals surface area (Å²) in [6, 6.07) is 4.83. The Hall–Kier alpha value is -1.51. The van der Waals surface area contributed by atoms with Crippen molar-refractivity contribution in [1.29, 1.82) is 0 Å². The first-order valence-corrected chi connectivity index (χ1v) is 12.2. The second kappa shape index (κ2) is 10.9. The molecule has 1 N–H and O–H groups in total. The van der Waals surface area contributed by atoms with Gasteiger partial charge in [0.25, 0.3) is 0 Å². The van der Waals surface area contributed by atoms with Crippen molar-refractivity contribution in [3.8, 4) is 0 Å². The average Bonchev–Trinajstić information content (AvgIpc) is 3.05. The Kier molecular flexibility index (Phi) is 8.85. The monoisotopic (exact) mass is 425 g/mol. The zero-order chi connectivity index (χ0) is 20.6. The average molecular weight is 426 g/mol. The molecule has 0 saturated carbocycles. The minimum Gasteiger partial charge on any atom is -0.302 e.